The van der Waals surface area contributed by atoms with Gasteiger partial charge in [-0.05, 0) is 30.8 Å². The molecule has 0 amide bonds. The summed E-state index contributed by atoms with van der Waals surface area (Å²) in [4.78, 5) is 14.3. The highest BCUT2D eigenvalue weighted by atomic mass is 79.9. The van der Waals surface area contributed by atoms with Gasteiger partial charge >= 0.3 is 0 Å². The monoisotopic (exact) mass is 393 g/mol. The van der Waals surface area contributed by atoms with E-state index in [9.17, 15) is 9.90 Å². The number of aliphatic hydroxyl groups excluding tert-OH is 1. The van der Waals surface area contributed by atoms with Crippen molar-refractivity contribution in [3.05, 3.63) is 46.7 Å². The van der Waals surface area contributed by atoms with Crippen LogP contribution in [0.5, 0.6) is 0 Å². The number of hydrogen-bond acceptors (Lipinski definition) is 4. The quantitative estimate of drug-likeness (QED) is 0.468. The Morgan fingerprint density at radius 2 is 2.14 bits per heavy atom. The van der Waals surface area contributed by atoms with E-state index in [1.165, 1.54) is 0 Å². The molecule has 0 spiro atoms. The predicted octanol–water partition coefficient (Wildman–Crippen LogP) is 1.42. The van der Waals surface area contributed by atoms with Crippen molar-refractivity contribution in [1.29, 1.82) is 0 Å². The van der Waals surface area contributed by atoms with Crippen LogP contribution in [0.3, 0.4) is 0 Å². The molecule has 0 aliphatic heterocycles. The van der Waals surface area contributed by atoms with Crippen LogP contribution >= 0.6 is 28.1 Å². The summed E-state index contributed by atoms with van der Waals surface area (Å²) in [5.41, 5.74) is 1.40. The number of thiocarbonyl (C=S) groups is 1. The summed E-state index contributed by atoms with van der Waals surface area (Å²) in [6, 6.07) is 7.10. The Morgan fingerprint density at radius 1 is 1.45 bits per heavy atom. The van der Waals surface area contributed by atoms with Gasteiger partial charge in [0, 0.05) is 22.4 Å². The largest absolute Gasteiger partial charge is 0.425 e. The average molecular weight is 394 g/mol. The topological polar surface area (TPSA) is 58.3 Å². The number of hydrogen-bond donors (Lipinski definition) is 2. The zero-order valence-corrected chi connectivity index (χ0v) is 15.2. The SMILES string of the molecule is C[Si](O)c1nccn1[C@H](CO)C(=S)C#Cc1ccc(Br)cc1. The molecule has 0 saturated heterocycles. The second-order valence-electron chi connectivity index (χ2n) is 4.56. The normalized spacial score (nSPS) is 11.9. The Balaban J connectivity index is 2.23. The van der Waals surface area contributed by atoms with Crippen LogP contribution in [0.2, 0.25) is 6.55 Å². The van der Waals surface area contributed by atoms with Crippen LogP contribution in [0, 0.1) is 11.8 Å². The number of benzene rings is 1. The van der Waals surface area contributed by atoms with Crippen LogP contribution in [-0.2, 0) is 0 Å². The van der Waals surface area contributed by atoms with Gasteiger partial charge in [0.15, 0.2) is 0 Å². The lowest BCUT2D eigenvalue weighted by Crippen LogP contribution is -2.39. The third kappa shape index (κ3) is 4.12. The second kappa shape index (κ2) is 7.81. The van der Waals surface area contributed by atoms with Gasteiger partial charge in [-0.25, -0.2) is 4.98 Å². The minimum absolute atomic E-state index is 0.188. The van der Waals surface area contributed by atoms with Crippen molar-refractivity contribution < 1.29 is 9.90 Å². The van der Waals surface area contributed by atoms with Crippen molar-refractivity contribution in [1.82, 2.24) is 9.55 Å². The van der Waals surface area contributed by atoms with Gasteiger partial charge < -0.3 is 14.5 Å². The number of halogens is 1. The molecular formula is C15H14BrN2O2SSi. The molecule has 1 aromatic carbocycles. The van der Waals surface area contributed by atoms with Crippen LogP contribution in [0.1, 0.15) is 11.6 Å². The molecule has 1 heterocycles. The fourth-order valence-corrected chi connectivity index (χ4v) is 3.26. The molecule has 1 aromatic heterocycles. The van der Waals surface area contributed by atoms with Crippen LogP contribution in [0.15, 0.2) is 41.1 Å². The molecule has 2 aromatic rings. The van der Waals surface area contributed by atoms with Gasteiger partial charge in [0.2, 0.25) is 0 Å². The molecule has 4 nitrogen and oxygen atoms in total. The fraction of sp³-hybridized carbons (Fsp3) is 0.200. The number of aromatic nitrogens is 2. The molecular weight excluding hydrogens is 380 g/mol. The molecule has 0 aliphatic rings. The summed E-state index contributed by atoms with van der Waals surface area (Å²) in [6.45, 7) is 1.53. The summed E-state index contributed by atoms with van der Waals surface area (Å²) in [7, 11) is -1.73. The molecule has 0 unspecified atom stereocenters. The van der Waals surface area contributed by atoms with E-state index in [1.807, 2.05) is 24.3 Å². The first-order chi connectivity index (χ1) is 10.5. The van der Waals surface area contributed by atoms with Gasteiger partial charge in [-0.3, -0.25) is 0 Å². The predicted molar refractivity (Wildman–Crippen MR) is 95.4 cm³/mol. The Hall–Kier alpha value is -1.30. The summed E-state index contributed by atoms with van der Waals surface area (Å²) in [6.07, 6.45) is 3.29. The van der Waals surface area contributed by atoms with Crippen LogP contribution in [-0.4, -0.2) is 40.0 Å². The van der Waals surface area contributed by atoms with Crippen molar-refractivity contribution in [2.75, 3.05) is 6.61 Å². The highest BCUT2D eigenvalue weighted by Gasteiger charge is 2.21. The highest BCUT2D eigenvalue weighted by molar-refractivity contribution is 9.10. The zero-order chi connectivity index (χ0) is 16.1. The maximum Gasteiger partial charge on any atom is 0.283 e. The molecule has 1 atom stereocenters. The van der Waals surface area contributed by atoms with Gasteiger partial charge in [0.25, 0.3) is 9.04 Å². The standard InChI is InChI=1S/C15H14BrN2O2SSi/c1-22(20)15-17-8-9-18(15)13(10-19)14(21)7-4-11-2-5-12(16)6-3-11/h2-3,5-6,8-9,13,19-20H,10H2,1H3/t13-/m1/s1. The lowest BCUT2D eigenvalue weighted by Gasteiger charge is -2.17. The summed E-state index contributed by atoms with van der Waals surface area (Å²) in [5.74, 6) is 5.90. The molecule has 113 valence electrons. The second-order valence-corrected chi connectivity index (χ2v) is 7.54. The summed E-state index contributed by atoms with van der Waals surface area (Å²) < 4.78 is 2.69. The van der Waals surface area contributed by atoms with Crippen molar-refractivity contribution in [2.45, 2.75) is 12.6 Å². The van der Waals surface area contributed by atoms with Gasteiger partial charge in [-0.2, -0.15) is 0 Å². The van der Waals surface area contributed by atoms with Gasteiger partial charge in [0.05, 0.1) is 11.5 Å². The Morgan fingerprint density at radius 3 is 2.73 bits per heavy atom. The third-order valence-corrected chi connectivity index (χ3v) is 4.92. The summed E-state index contributed by atoms with van der Waals surface area (Å²) in [5, 5.41) is 9.63. The first-order valence-electron chi connectivity index (χ1n) is 6.51. The van der Waals surface area contributed by atoms with Crippen molar-refractivity contribution >= 4 is 47.5 Å². The lowest BCUT2D eigenvalue weighted by molar-refractivity contribution is 0.265. The Kier molecular flexibility index (Phi) is 6.05. The van der Waals surface area contributed by atoms with E-state index in [4.69, 9.17) is 12.2 Å². The first-order valence-corrected chi connectivity index (χ1v) is 9.65. The number of imidazole rings is 1. The van der Waals surface area contributed by atoms with Crippen LogP contribution in [0.4, 0.5) is 0 Å². The average Bonchev–Trinajstić information content (AvgIpc) is 2.97. The maximum atomic E-state index is 9.81. The van der Waals surface area contributed by atoms with Crippen LogP contribution < -0.4 is 5.45 Å². The number of nitrogens with zero attached hydrogens (tertiary/aromatic N) is 2. The van der Waals surface area contributed by atoms with Gasteiger partial charge in [-0.1, -0.05) is 40.0 Å². The Labute approximate surface area is 144 Å². The van der Waals surface area contributed by atoms with Crippen molar-refractivity contribution in [3.63, 3.8) is 0 Å². The molecule has 22 heavy (non-hydrogen) atoms. The van der Waals surface area contributed by atoms with Gasteiger partial charge in [-0.15, -0.1) is 0 Å². The van der Waals surface area contributed by atoms with Crippen molar-refractivity contribution in [2.24, 2.45) is 0 Å². The van der Waals surface area contributed by atoms with E-state index in [0.29, 0.717) is 10.3 Å². The first kappa shape index (κ1) is 17.1. The maximum absolute atomic E-state index is 9.81. The van der Waals surface area contributed by atoms with Crippen LogP contribution in [0.25, 0.3) is 0 Å². The minimum atomic E-state index is -1.73. The van der Waals surface area contributed by atoms with E-state index in [-0.39, 0.29) is 6.61 Å². The molecule has 7 heteroatoms. The van der Waals surface area contributed by atoms with Crippen molar-refractivity contribution in [3.8, 4) is 11.8 Å². The van der Waals surface area contributed by atoms with E-state index in [1.54, 1.807) is 23.5 Å². The van der Waals surface area contributed by atoms with E-state index >= 15 is 0 Å². The molecule has 2 N–H and O–H groups in total. The van der Waals surface area contributed by atoms with E-state index < -0.39 is 15.1 Å². The zero-order valence-electron chi connectivity index (χ0n) is 11.8. The molecule has 0 bridgehead atoms. The molecule has 0 saturated carbocycles. The lowest BCUT2D eigenvalue weighted by atomic mass is 10.2. The number of aliphatic hydroxyl groups is 1. The smallest absolute Gasteiger partial charge is 0.283 e. The minimum Gasteiger partial charge on any atom is -0.425 e. The molecule has 1 radical (unpaired) electrons. The molecule has 0 fully saturated rings. The fourth-order valence-electron chi connectivity index (χ4n) is 1.89. The molecule has 2 rings (SSSR count). The summed E-state index contributed by atoms with van der Waals surface area (Å²) >= 11 is 8.70. The van der Waals surface area contributed by atoms with E-state index in [2.05, 4.69) is 32.8 Å². The van der Waals surface area contributed by atoms with E-state index in [0.717, 1.165) is 10.0 Å². The number of rotatable bonds is 4. The Bertz CT molecular complexity index is 719. The third-order valence-electron chi connectivity index (χ3n) is 2.98. The highest BCUT2D eigenvalue weighted by Crippen LogP contribution is 2.10. The molecule has 0 aliphatic carbocycles. The van der Waals surface area contributed by atoms with Gasteiger partial charge in [0.1, 0.15) is 11.5 Å².